The van der Waals surface area contributed by atoms with E-state index in [4.69, 9.17) is 9.47 Å². The fraction of sp³-hybridized carbons (Fsp3) is 0.200. The first kappa shape index (κ1) is 14.0. The molecule has 0 saturated carbocycles. The Balaban J connectivity index is 2.14. The maximum absolute atomic E-state index is 12.5. The van der Waals surface area contributed by atoms with Gasteiger partial charge < -0.3 is 9.47 Å². The molecule has 1 aliphatic heterocycles. The maximum atomic E-state index is 12.5. The van der Waals surface area contributed by atoms with Gasteiger partial charge in [0.1, 0.15) is 5.75 Å². The van der Waals surface area contributed by atoms with E-state index in [-0.39, 0.29) is 11.7 Å². The number of aromatic nitrogens is 2. The van der Waals surface area contributed by atoms with E-state index in [2.05, 4.69) is 9.97 Å². The van der Waals surface area contributed by atoms with Gasteiger partial charge in [0.2, 0.25) is 18.0 Å². The van der Waals surface area contributed by atoms with E-state index in [0.29, 0.717) is 17.0 Å². The molecule has 0 spiro atoms. The third kappa shape index (κ3) is 2.26. The van der Waals surface area contributed by atoms with E-state index >= 15 is 0 Å². The third-order valence-electron chi connectivity index (χ3n) is 3.23. The van der Waals surface area contributed by atoms with Crippen LogP contribution in [-0.4, -0.2) is 35.1 Å². The number of hydrogen-bond donors (Lipinski definition) is 0. The quantitative estimate of drug-likeness (QED) is 0.798. The molecule has 1 unspecified atom stereocenters. The minimum absolute atomic E-state index is 0.272. The SMILES string of the molecule is COc1ccc2c(c1)N(c1ncccn1)C(OC(C)=O)C2=O. The first-order chi connectivity index (χ1) is 10.6. The summed E-state index contributed by atoms with van der Waals surface area (Å²) in [5.41, 5.74) is 0.973. The van der Waals surface area contributed by atoms with Crippen molar-refractivity contribution in [2.24, 2.45) is 0 Å². The molecule has 7 heteroatoms. The molecule has 1 atom stereocenters. The van der Waals surface area contributed by atoms with Crippen molar-refractivity contribution in [1.82, 2.24) is 9.97 Å². The van der Waals surface area contributed by atoms with Crippen LogP contribution in [0.5, 0.6) is 5.75 Å². The molecule has 0 N–H and O–H groups in total. The Morgan fingerprint density at radius 3 is 2.64 bits per heavy atom. The van der Waals surface area contributed by atoms with Gasteiger partial charge in [0.15, 0.2) is 0 Å². The van der Waals surface area contributed by atoms with Gasteiger partial charge >= 0.3 is 5.97 Å². The molecule has 0 saturated heterocycles. The predicted molar refractivity (Wildman–Crippen MR) is 77.0 cm³/mol. The van der Waals surface area contributed by atoms with E-state index in [1.54, 1.807) is 36.7 Å². The lowest BCUT2D eigenvalue weighted by Crippen LogP contribution is -2.36. The smallest absolute Gasteiger partial charge is 0.304 e. The highest BCUT2D eigenvalue weighted by Crippen LogP contribution is 2.39. The van der Waals surface area contributed by atoms with Crippen LogP contribution in [0.1, 0.15) is 17.3 Å². The van der Waals surface area contributed by atoms with Gasteiger partial charge in [0.05, 0.1) is 12.8 Å². The number of methoxy groups -OCH3 is 1. The zero-order valence-electron chi connectivity index (χ0n) is 12.0. The van der Waals surface area contributed by atoms with Gasteiger partial charge in [-0.3, -0.25) is 14.5 Å². The first-order valence-electron chi connectivity index (χ1n) is 6.57. The van der Waals surface area contributed by atoms with Crippen molar-refractivity contribution in [3.63, 3.8) is 0 Å². The Bertz CT molecular complexity index is 733. The number of fused-ring (bicyclic) bond motifs is 1. The van der Waals surface area contributed by atoms with Crippen LogP contribution in [0.2, 0.25) is 0 Å². The summed E-state index contributed by atoms with van der Waals surface area (Å²) in [6.07, 6.45) is 1.99. The lowest BCUT2D eigenvalue weighted by atomic mass is 10.1. The molecule has 0 radical (unpaired) electrons. The molecule has 1 aromatic carbocycles. The fourth-order valence-corrected chi connectivity index (χ4v) is 2.31. The topological polar surface area (TPSA) is 81.6 Å². The van der Waals surface area contributed by atoms with E-state index < -0.39 is 12.2 Å². The average molecular weight is 299 g/mol. The number of esters is 1. The first-order valence-corrected chi connectivity index (χ1v) is 6.57. The van der Waals surface area contributed by atoms with E-state index in [1.165, 1.54) is 18.9 Å². The summed E-state index contributed by atoms with van der Waals surface area (Å²) in [6, 6.07) is 6.66. The van der Waals surface area contributed by atoms with Crippen LogP contribution in [0.15, 0.2) is 36.7 Å². The number of rotatable bonds is 3. The Labute approximate surface area is 126 Å². The molecule has 0 amide bonds. The number of benzene rings is 1. The summed E-state index contributed by atoms with van der Waals surface area (Å²) in [4.78, 5) is 33.6. The molecule has 2 aromatic rings. The number of ether oxygens (including phenoxy) is 2. The number of nitrogens with zero attached hydrogens (tertiary/aromatic N) is 3. The van der Waals surface area contributed by atoms with Crippen LogP contribution in [0.3, 0.4) is 0 Å². The minimum atomic E-state index is -1.11. The second-order valence-corrected chi connectivity index (χ2v) is 4.63. The molecular formula is C15H13N3O4. The fourth-order valence-electron chi connectivity index (χ4n) is 2.31. The highest BCUT2D eigenvalue weighted by molar-refractivity contribution is 6.12. The van der Waals surface area contributed by atoms with Gasteiger partial charge in [-0.2, -0.15) is 0 Å². The highest BCUT2D eigenvalue weighted by atomic mass is 16.6. The summed E-state index contributed by atoms with van der Waals surface area (Å²) < 4.78 is 10.4. The molecule has 0 bridgehead atoms. The van der Waals surface area contributed by atoms with Crippen LogP contribution < -0.4 is 9.64 Å². The molecule has 2 heterocycles. The van der Waals surface area contributed by atoms with Crippen molar-refractivity contribution in [2.75, 3.05) is 12.0 Å². The molecule has 0 fully saturated rings. The van der Waals surface area contributed by atoms with Crippen LogP contribution in [0, 0.1) is 0 Å². The van der Waals surface area contributed by atoms with Crippen molar-refractivity contribution < 1.29 is 19.1 Å². The van der Waals surface area contributed by atoms with E-state index in [1.807, 2.05) is 0 Å². The number of ketones is 1. The van der Waals surface area contributed by atoms with Crippen LogP contribution in [0.4, 0.5) is 11.6 Å². The number of carbonyl (C=O) groups is 2. The number of Topliss-reactive ketones (excluding diaryl/α,β-unsaturated/α-hetero) is 1. The van der Waals surface area contributed by atoms with Crippen LogP contribution in [-0.2, 0) is 9.53 Å². The molecule has 7 nitrogen and oxygen atoms in total. The molecule has 3 rings (SSSR count). The van der Waals surface area contributed by atoms with Gasteiger partial charge in [0.25, 0.3) is 0 Å². The van der Waals surface area contributed by atoms with Crippen molar-refractivity contribution in [3.05, 3.63) is 42.2 Å². The van der Waals surface area contributed by atoms with Crippen molar-refractivity contribution in [1.29, 1.82) is 0 Å². The Morgan fingerprint density at radius 2 is 2.00 bits per heavy atom. The van der Waals surface area contributed by atoms with Gasteiger partial charge in [-0.05, 0) is 18.2 Å². The minimum Gasteiger partial charge on any atom is -0.497 e. The molecule has 1 aromatic heterocycles. The third-order valence-corrected chi connectivity index (χ3v) is 3.23. The van der Waals surface area contributed by atoms with Crippen molar-refractivity contribution in [2.45, 2.75) is 13.2 Å². The summed E-state index contributed by atoms with van der Waals surface area (Å²) in [7, 11) is 1.53. The molecule has 22 heavy (non-hydrogen) atoms. The van der Waals surface area contributed by atoms with E-state index in [0.717, 1.165) is 0 Å². The Morgan fingerprint density at radius 1 is 1.27 bits per heavy atom. The standard InChI is InChI=1S/C15H13N3O4/c1-9(19)22-14-13(20)11-5-4-10(21-2)8-12(11)18(14)15-16-6-3-7-17-15/h3-8,14H,1-2H3. The van der Waals surface area contributed by atoms with Crippen LogP contribution >= 0.6 is 0 Å². The summed E-state index contributed by atoms with van der Waals surface area (Å²) >= 11 is 0. The number of carbonyl (C=O) groups excluding carboxylic acids is 2. The molecule has 112 valence electrons. The summed E-state index contributed by atoms with van der Waals surface area (Å²) in [6.45, 7) is 1.25. The predicted octanol–water partition coefficient (Wildman–Crippen LogP) is 1.71. The van der Waals surface area contributed by atoms with Crippen molar-refractivity contribution >= 4 is 23.4 Å². The zero-order chi connectivity index (χ0) is 15.7. The van der Waals surface area contributed by atoms with Gasteiger partial charge in [0, 0.05) is 30.9 Å². The largest absolute Gasteiger partial charge is 0.497 e. The summed E-state index contributed by atoms with van der Waals surface area (Å²) in [5.74, 6) is -0.0237. The van der Waals surface area contributed by atoms with Gasteiger partial charge in [-0.25, -0.2) is 9.97 Å². The van der Waals surface area contributed by atoms with E-state index in [9.17, 15) is 9.59 Å². The monoisotopic (exact) mass is 299 g/mol. The molecular weight excluding hydrogens is 286 g/mol. The second-order valence-electron chi connectivity index (χ2n) is 4.63. The van der Waals surface area contributed by atoms with Crippen LogP contribution in [0.25, 0.3) is 0 Å². The van der Waals surface area contributed by atoms with Crippen molar-refractivity contribution in [3.8, 4) is 5.75 Å². The molecule has 1 aliphatic rings. The zero-order valence-corrected chi connectivity index (χ0v) is 12.0. The highest BCUT2D eigenvalue weighted by Gasteiger charge is 2.42. The molecule has 0 aliphatic carbocycles. The lowest BCUT2D eigenvalue weighted by Gasteiger charge is -2.23. The summed E-state index contributed by atoms with van der Waals surface area (Å²) in [5, 5.41) is 0. The maximum Gasteiger partial charge on any atom is 0.304 e. The Hall–Kier alpha value is -2.96. The number of anilines is 2. The van der Waals surface area contributed by atoms with Gasteiger partial charge in [-0.1, -0.05) is 0 Å². The van der Waals surface area contributed by atoms with Gasteiger partial charge in [-0.15, -0.1) is 0 Å². The Kier molecular flexibility index (Phi) is 3.46. The average Bonchev–Trinajstić information content (AvgIpc) is 2.79. The number of hydrogen-bond acceptors (Lipinski definition) is 7. The normalized spacial score (nSPS) is 16.4. The second kappa shape index (κ2) is 5.44. The lowest BCUT2D eigenvalue weighted by molar-refractivity contribution is -0.143.